The molecule has 0 radical (unpaired) electrons. The summed E-state index contributed by atoms with van der Waals surface area (Å²) in [7, 11) is 0. The molecule has 1 aliphatic heterocycles. The van der Waals surface area contributed by atoms with Crippen molar-refractivity contribution in [3.63, 3.8) is 0 Å². The van der Waals surface area contributed by atoms with Gasteiger partial charge in [-0.05, 0) is 30.4 Å². The van der Waals surface area contributed by atoms with Crippen LogP contribution in [0.1, 0.15) is 11.6 Å². The molecule has 0 spiro atoms. The third-order valence-corrected chi connectivity index (χ3v) is 3.32. The topological polar surface area (TPSA) is 53.2 Å². The van der Waals surface area contributed by atoms with Gasteiger partial charge in [-0.2, -0.15) is 0 Å². The van der Waals surface area contributed by atoms with E-state index in [1.165, 1.54) is 0 Å². The van der Waals surface area contributed by atoms with E-state index in [0.717, 1.165) is 16.9 Å². The zero-order chi connectivity index (χ0) is 13.9. The average molecular weight is 283 g/mol. The van der Waals surface area contributed by atoms with E-state index in [4.69, 9.17) is 12.2 Å². The van der Waals surface area contributed by atoms with Gasteiger partial charge >= 0.3 is 0 Å². The monoisotopic (exact) mass is 283 g/mol. The van der Waals surface area contributed by atoms with Crippen LogP contribution in [0.3, 0.4) is 0 Å². The van der Waals surface area contributed by atoms with Crippen molar-refractivity contribution in [1.29, 1.82) is 0 Å². The Kier molecular flexibility index (Phi) is 3.35. The highest BCUT2D eigenvalue weighted by Gasteiger charge is 2.30. The lowest BCUT2D eigenvalue weighted by atomic mass is 10.1. The van der Waals surface area contributed by atoms with Gasteiger partial charge in [0.15, 0.2) is 5.11 Å². The fraction of sp³-hybridized carbons (Fsp3) is 0.0667. The van der Waals surface area contributed by atoms with Gasteiger partial charge in [0, 0.05) is 16.9 Å². The number of nitrogens with one attached hydrogen (secondary N) is 3. The first-order valence-electron chi connectivity index (χ1n) is 6.26. The molecular weight excluding hydrogens is 270 g/mol. The van der Waals surface area contributed by atoms with Crippen molar-refractivity contribution >= 4 is 34.6 Å². The van der Waals surface area contributed by atoms with Gasteiger partial charge in [0.2, 0.25) is 0 Å². The Morgan fingerprint density at radius 3 is 2.55 bits per heavy atom. The van der Waals surface area contributed by atoms with Gasteiger partial charge < -0.3 is 16.0 Å². The summed E-state index contributed by atoms with van der Waals surface area (Å²) < 4.78 is 0. The molecule has 0 fully saturated rings. The summed E-state index contributed by atoms with van der Waals surface area (Å²) in [6.45, 7) is 0. The highest BCUT2D eigenvalue weighted by molar-refractivity contribution is 7.80. The van der Waals surface area contributed by atoms with E-state index in [9.17, 15) is 4.79 Å². The van der Waals surface area contributed by atoms with Gasteiger partial charge in [0.25, 0.3) is 5.91 Å². The highest BCUT2D eigenvalue weighted by Crippen LogP contribution is 2.30. The number of rotatable bonds is 2. The maximum absolute atomic E-state index is 12.0. The van der Waals surface area contributed by atoms with Gasteiger partial charge in [0.05, 0.1) is 0 Å². The number of benzene rings is 2. The highest BCUT2D eigenvalue weighted by atomic mass is 32.1. The summed E-state index contributed by atoms with van der Waals surface area (Å²) in [5.74, 6) is -0.0941. The van der Waals surface area contributed by atoms with Crippen molar-refractivity contribution in [2.75, 3.05) is 10.6 Å². The Balaban J connectivity index is 1.72. The van der Waals surface area contributed by atoms with Gasteiger partial charge in [-0.25, -0.2) is 0 Å². The lowest BCUT2D eigenvalue weighted by Gasteiger charge is -2.15. The van der Waals surface area contributed by atoms with E-state index in [1.54, 1.807) is 0 Å². The lowest BCUT2D eigenvalue weighted by molar-refractivity contribution is -0.117. The van der Waals surface area contributed by atoms with Crippen LogP contribution in [0.5, 0.6) is 0 Å². The zero-order valence-corrected chi connectivity index (χ0v) is 11.4. The molecule has 0 unspecified atom stereocenters. The first-order valence-corrected chi connectivity index (χ1v) is 6.67. The van der Waals surface area contributed by atoms with Crippen molar-refractivity contribution in [2.45, 2.75) is 6.04 Å². The molecular formula is C15H13N3OS. The van der Waals surface area contributed by atoms with E-state index in [-0.39, 0.29) is 5.91 Å². The van der Waals surface area contributed by atoms with E-state index in [2.05, 4.69) is 16.0 Å². The molecule has 0 saturated carbocycles. The largest absolute Gasteiger partial charge is 0.347 e. The predicted octanol–water partition coefficient (Wildman–Crippen LogP) is 2.67. The molecule has 1 heterocycles. The second-order valence-corrected chi connectivity index (χ2v) is 4.88. The van der Waals surface area contributed by atoms with Gasteiger partial charge in [-0.1, -0.05) is 36.4 Å². The van der Waals surface area contributed by atoms with Crippen LogP contribution in [0.25, 0.3) is 0 Å². The summed E-state index contributed by atoms with van der Waals surface area (Å²) in [5, 5.41) is 9.35. The van der Waals surface area contributed by atoms with Crippen molar-refractivity contribution < 1.29 is 4.79 Å². The van der Waals surface area contributed by atoms with Crippen molar-refractivity contribution in [3.05, 3.63) is 60.2 Å². The van der Waals surface area contributed by atoms with Crippen molar-refractivity contribution in [2.24, 2.45) is 0 Å². The molecule has 5 heteroatoms. The number of anilines is 2. The fourth-order valence-corrected chi connectivity index (χ4v) is 2.41. The minimum absolute atomic E-state index is 0.0941. The predicted molar refractivity (Wildman–Crippen MR) is 83.6 cm³/mol. The number of thiocarbonyl (C=S) groups is 1. The third kappa shape index (κ3) is 2.48. The third-order valence-electron chi connectivity index (χ3n) is 3.10. The van der Waals surface area contributed by atoms with Crippen molar-refractivity contribution in [3.8, 4) is 0 Å². The van der Waals surface area contributed by atoms with Crippen LogP contribution >= 0.6 is 12.2 Å². The number of carbonyl (C=O) groups is 1. The summed E-state index contributed by atoms with van der Waals surface area (Å²) in [6.07, 6.45) is 0. The second kappa shape index (κ2) is 5.30. The van der Waals surface area contributed by atoms with Crippen LogP contribution < -0.4 is 16.0 Å². The standard InChI is InChI=1S/C15H13N3OS/c19-14-13(11-8-4-5-9-12(11)17-14)18-15(20)16-10-6-2-1-3-7-10/h1-9,13H,(H,17,19)(H2,16,18,20)/t13-/m1/s1. The number of amides is 1. The van der Waals surface area contributed by atoms with Gasteiger partial charge in [-0.3, -0.25) is 4.79 Å². The molecule has 100 valence electrons. The molecule has 1 amide bonds. The summed E-state index contributed by atoms with van der Waals surface area (Å²) in [6, 6.07) is 16.7. The fourth-order valence-electron chi connectivity index (χ4n) is 2.17. The quantitative estimate of drug-likeness (QED) is 0.742. The number of fused-ring (bicyclic) bond motifs is 1. The minimum Gasteiger partial charge on any atom is -0.347 e. The van der Waals surface area contributed by atoms with Crippen LogP contribution in [0.2, 0.25) is 0 Å². The Bertz CT molecular complexity index is 657. The molecule has 0 saturated heterocycles. The van der Waals surface area contributed by atoms with Gasteiger partial charge in [-0.15, -0.1) is 0 Å². The molecule has 0 aromatic heterocycles. The number of para-hydroxylation sites is 2. The SMILES string of the molecule is O=C1Nc2ccccc2[C@H]1NC(=S)Nc1ccccc1. The number of hydrogen-bond acceptors (Lipinski definition) is 2. The molecule has 0 bridgehead atoms. The molecule has 0 aliphatic carbocycles. The Morgan fingerprint density at radius 1 is 1.05 bits per heavy atom. The van der Waals surface area contributed by atoms with Crippen LogP contribution in [-0.2, 0) is 4.79 Å². The molecule has 2 aromatic carbocycles. The average Bonchev–Trinajstić information content (AvgIpc) is 2.76. The zero-order valence-electron chi connectivity index (χ0n) is 10.6. The van der Waals surface area contributed by atoms with Crippen LogP contribution in [-0.4, -0.2) is 11.0 Å². The first kappa shape index (κ1) is 12.6. The maximum atomic E-state index is 12.0. The van der Waals surface area contributed by atoms with Crippen LogP contribution in [0, 0.1) is 0 Å². The van der Waals surface area contributed by atoms with E-state index in [0.29, 0.717) is 5.11 Å². The Hall–Kier alpha value is -2.40. The Labute approximate surface area is 122 Å². The molecule has 3 N–H and O–H groups in total. The molecule has 1 aliphatic rings. The molecule has 1 atom stereocenters. The number of carbonyl (C=O) groups excluding carboxylic acids is 1. The first-order chi connectivity index (χ1) is 9.74. The maximum Gasteiger partial charge on any atom is 0.251 e. The molecule has 4 nitrogen and oxygen atoms in total. The normalized spacial score (nSPS) is 16.2. The smallest absolute Gasteiger partial charge is 0.251 e. The van der Waals surface area contributed by atoms with Crippen molar-refractivity contribution in [1.82, 2.24) is 5.32 Å². The van der Waals surface area contributed by atoms with E-state index < -0.39 is 6.04 Å². The Morgan fingerprint density at radius 2 is 1.75 bits per heavy atom. The van der Waals surface area contributed by atoms with Crippen LogP contribution in [0.15, 0.2) is 54.6 Å². The second-order valence-electron chi connectivity index (χ2n) is 4.47. The number of hydrogen-bond donors (Lipinski definition) is 3. The molecule has 20 heavy (non-hydrogen) atoms. The minimum atomic E-state index is -0.449. The lowest BCUT2D eigenvalue weighted by Crippen LogP contribution is -2.35. The summed E-state index contributed by atoms with van der Waals surface area (Å²) in [5.41, 5.74) is 2.63. The van der Waals surface area contributed by atoms with Gasteiger partial charge in [0.1, 0.15) is 6.04 Å². The summed E-state index contributed by atoms with van der Waals surface area (Å²) >= 11 is 5.25. The van der Waals surface area contributed by atoms with E-state index in [1.807, 2.05) is 54.6 Å². The molecule has 2 aromatic rings. The van der Waals surface area contributed by atoms with E-state index >= 15 is 0 Å². The molecule has 3 rings (SSSR count). The summed E-state index contributed by atoms with van der Waals surface area (Å²) in [4.78, 5) is 12.0. The van der Waals surface area contributed by atoms with Crippen LogP contribution in [0.4, 0.5) is 11.4 Å².